The van der Waals surface area contributed by atoms with Crippen molar-refractivity contribution in [1.82, 2.24) is 14.8 Å². The van der Waals surface area contributed by atoms with E-state index in [1.165, 1.54) is 17.8 Å². The number of amides is 1. The number of aromatic nitrogens is 3. The van der Waals surface area contributed by atoms with Crippen LogP contribution in [-0.2, 0) is 11.8 Å². The molecule has 10 heteroatoms. The average Bonchev–Trinajstić information content (AvgIpc) is 3.10. The van der Waals surface area contributed by atoms with Gasteiger partial charge in [-0.1, -0.05) is 11.8 Å². The normalized spacial score (nSPS) is 11.8. The van der Waals surface area contributed by atoms with E-state index in [2.05, 4.69) is 15.5 Å². The summed E-state index contributed by atoms with van der Waals surface area (Å²) in [6.07, 6.45) is -0.374. The molecule has 7 nitrogen and oxygen atoms in total. The van der Waals surface area contributed by atoms with Crippen molar-refractivity contribution < 1.29 is 23.0 Å². The molecule has 3 rings (SSSR count). The van der Waals surface area contributed by atoms with Gasteiger partial charge in [0, 0.05) is 18.8 Å². The van der Waals surface area contributed by atoms with E-state index in [0.717, 1.165) is 17.9 Å². The van der Waals surface area contributed by atoms with Crippen molar-refractivity contribution in [3.63, 3.8) is 0 Å². The van der Waals surface area contributed by atoms with Crippen LogP contribution in [0.1, 0.15) is 18.9 Å². The molecule has 1 aromatic heterocycles. The first-order chi connectivity index (χ1) is 14.4. The first-order valence-corrected chi connectivity index (χ1v) is 9.93. The monoisotopic (exact) mass is 434 g/mol. The SMILES string of the molecule is COc1ccc(OC(C)c2nnc(SCC(=O)Nc3ccc(F)c(F)c3)n2C)cc1. The topological polar surface area (TPSA) is 78.3 Å². The Kier molecular flexibility index (Phi) is 6.88. The van der Waals surface area contributed by atoms with Gasteiger partial charge in [-0.15, -0.1) is 10.2 Å². The molecular formula is C20H20F2N4O3S. The zero-order valence-corrected chi connectivity index (χ0v) is 17.4. The molecule has 1 amide bonds. The fourth-order valence-corrected chi connectivity index (χ4v) is 3.34. The van der Waals surface area contributed by atoms with Gasteiger partial charge in [0.15, 0.2) is 28.7 Å². The van der Waals surface area contributed by atoms with E-state index in [1.54, 1.807) is 43.0 Å². The van der Waals surface area contributed by atoms with Crippen molar-refractivity contribution in [3.05, 3.63) is 59.9 Å². The van der Waals surface area contributed by atoms with Crippen molar-refractivity contribution in [3.8, 4) is 11.5 Å². The van der Waals surface area contributed by atoms with Gasteiger partial charge in [0.2, 0.25) is 5.91 Å². The van der Waals surface area contributed by atoms with E-state index in [9.17, 15) is 13.6 Å². The van der Waals surface area contributed by atoms with Gasteiger partial charge in [0.25, 0.3) is 0 Å². The summed E-state index contributed by atoms with van der Waals surface area (Å²) in [6.45, 7) is 1.85. The van der Waals surface area contributed by atoms with Gasteiger partial charge in [-0.2, -0.15) is 0 Å². The molecule has 0 saturated carbocycles. The van der Waals surface area contributed by atoms with Gasteiger partial charge in [0.05, 0.1) is 12.9 Å². The Morgan fingerprint density at radius 2 is 1.83 bits per heavy atom. The van der Waals surface area contributed by atoms with Crippen LogP contribution in [0.5, 0.6) is 11.5 Å². The number of hydrogen-bond acceptors (Lipinski definition) is 6. The summed E-state index contributed by atoms with van der Waals surface area (Å²) in [5.41, 5.74) is 0.180. The van der Waals surface area contributed by atoms with E-state index in [1.807, 2.05) is 6.92 Å². The van der Waals surface area contributed by atoms with E-state index in [0.29, 0.717) is 16.7 Å². The summed E-state index contributed by atoms with van der Waals surface area (Å²) in [5.74, 6) is -0.365. The highest BCUT2D eigenvalue weighted by molar-refractivity contribution is 7.99. The molecule has 2 aromatic carbocycles. The number of thioether (sulfide) groups is 1. The van der Waals surface area contributed by atoms with Crippen LogP contribution in [0.2, 0.25) is 0 Å². The van der Waals surface area contributed by atoms with Crippen molar-refractivity contribution in [2.45, 2.75) is 18.2 Å². The van der Waals surface area contributed by atoms with Gasteiger partial charge < -0.3 is 19.4 Å². The molecule has 1 unspecified atom stereocenters. The molecule has 0 bridgehead atoms. The van der Waals surface area contributed by atoms with Gasteiger partial charge in [-0.05, 0) is 43.3 Å². The molecule has 0 saturated heterocycles. The summed E-state index contributed by atoms with van der Waals surface area (Å²) in [6, 6.07) is 10.4. The zero-order chi connectivity index (χ0) is 21.7. The number of ether oxygens (including phenoxy) is 2. The number of anilines is 1. The van der Waals surface area contributed by atoms with Gasteiger partial charge >= 0.3 is 0 Å². The lowest BCUT2D eigenvalue weighted by molar-refractivity contribution is -0.113. The molecule has 1 N–H and O–H groups in total. The maximum absolute atomic E-state index is 13.2. The predicted octanol–water partition coefficient (Wildman–Crippen LogP) is 3.97. The zero-order valence-electron chi connectivity index (χ0n) is 16.6. The number of hydrogen-bond donors (Lipinski definition) is 1. The van der Waals surface area contributed by atoms with Crippen molar-refractivity contribution in [2.75, 3.05) is 18.2 Å². The summed E-state index contributed by atoms with van der Waals surface area (Å²) < 4.78 is 38.9. The quantitative estimate of drug-likeness (QED) is 0.541. The molecule has 0 fully saturated rings. The minimum absolute atomic E-state index is 0.0265. The molecule has 0 aliphatic heterocycles. The largest absolute Gasteiger partial charge is 0.497 e. The average molecular weight is 434 g/mol. The molecule has 0 aliphatic rings. The molecule has 1 atom stereocenters. The van der Waals surface area contributed by atoms with Crippen LogP contribution in [0, 0.1) is 11.6 Å². The van der Waals surface area contributed by atoms with Crippen LogP contribution >= 0.6 is 11.8 Å². The lowest BCUT2D eigenvalue weighted by atomic mass is 10.3. The van der Waals surface area contributed by atoms with E-state index in [4.69, 9.17) is 9.47 Å². The molecule has 0 aliphatic carbocycles. The van der Waals surface area contributed by atoms with E-state index >= 15 is 0 Å². The highest BCUT2D eigenvalue weighted by atomic mass is 32.2. The lowest BCUT2D eigenvalue weighted by Gasteiger charge is -2.14. The Balaban J connectivity index is 1.57. The smallest absolute Gasteiger partial charge is 0.234 e. The second-order valence-corrected chi connectivity index (χ2v) is 7.24. The number of nitrogens with one attached hydrogen (secondary N) is 1. The highest BCUT2D eigenvalue weighted by Crippen LogP contribution is 2.25. The Hall–Kier alpha value is -3.14. The number of carbonyl (C=O) groups is 1. The number of nitrogens with zero attached hydrogens (tertiary/aromatic N) is 3. The molecule has 3 aromatic rings. The summed E-state index contributed by atoms with van der Waals surface area (Å²) in [7, 11) is 3.37. The number of benzene rings is 2. The Bertz CT molecular complexity index is 1030. The molecule has 158 valence electrons. The number of rotatable bonds is 8. The molecule has 30 heavy (non-hydrogen) atoms. The number of carbonyl (C=O) groups excluding carboxylic acids is 1. The lowest BCUT2D eigenvalue weighted by Crippen LogP contribution is -2.15. The molecule has 0 spiro atoms. The Morgan fingerprint density at radius 1 is 1.13 bits per heavy atom. The third kappa shape index (κ3) is 5.26. The maximum Gasteiger partial charge on any atom is 0.234 e. The summed E-state index contributed by atoms with van der Waals surface area (Å²) in [5, 5.41) is 11.3. The summed E-state index contributed by atoms with van der Waals surface area (Å²) >= 11 is 1.17. The standard InChI is InChI=1S/C20H20F2N4O3S/c1-12(29-15-7-5-14(28-3)6-8-15)19-24-25-20(26(19)2)30-11-18(27)23-13-4-9-16(21)17(22)10-13/h4-10,12H,11H2,1-3H3,(H,23,27). The Labute approximate surface area is 176 Å². The first-order valence-electron chi connectivity index (χ1n) is 8.95. The number of halogens is 2. The third-order valence-electron chi connectivity index (χ3n) is 4.14. The van der Waals surface area contributed by atoms with Crippen LogP contribution in [0.25, 0.3) is 0 Å². The highest BCUT2D eigenvalue weighted by Gasteiger charge is 2.18. The first kappa shape index (κ1) is 21.6. The third-order valence-corrected chi connectivity index (χ3v) is 5.16. The molecular weight excluding hydrogens is 414 g/mol. The number of methoxy groups -OCH3 is 1. The van der Waals surface area contributed by atoms with Crippen molar-refractivity contribution in [1.29, 1.82) is 0 Å². The van der Waals surface area contributed by atoms with Crippen molar-refractivity contribution >= 4 is 23.4 Å². The Morgan fingerprint density at radius 3 is 2.50 bits per heavy atom. The van der Waals surface area contributed by atoms with Crippen LogP contribution in [0.3, 0.4) is 0 Å². The van der Waals surface area contributed by atoms with Crippen LogP contribution in [-0.4, -0.2) is 33.5 Å². The van der Waals surface area contributed by atoms with E-state index < -0.39 is 11.6 Å². The van der Waals surface area contributed by atoms with E-state index in [-0.39, 0.29) is 23.5 Å². The second kappa shape index (κ2) is 9.57. The maximum atomic E-state index is 13.2. The van der Waals surface area contributed by atoms with Gasteiger partial charge in [0.1, 0.15) is 11.5 Å². The fraction of sp³-hybridized carbons (Fsp3) is 0.250. The summed E-state index contributed by atoms with van der Waals surface area (Å²) in [4.78, 5) is 12.1. The van der Waals surface area contributed by atoms with Gasteiger partial charge in [-0.3, -0.25) is 4.79 Å². The molecule has 1 heterocycles. The van der Waals surface area contributed by atoms with Crippen LogP contribution in [0.4, 0.5) is 14.5 Å². The van der Waals surface area contributed by atoms with Gasteiger partial charge in [-0.25, -0.2) is 8.78 Å². The fourth-order valence-electron chi connectivity index (χ4n) is 2.62. The molecule has 0 radical (unpaired) electrons. The minimum Gasteiger partial charge on any atom is -0.497 e. The van der Waals surface area contributed by atoms with Crippen LogP contribution < -0.4 is 14.8 Å². The van der Waals surface area contributed by atoms with Crippen LogP contribution in [0.15, 0.2) is 47.6 Å². The second-order valence-electron chi connectivity index (χ2n) is 6.30. The predicted molar refractivity (Wildman–Crippen MR) is 109 cm³/mol. The van der Waals surface area contributed by atoms with Crippen molar-refractivity contribution in [2.24, 2.45) is 7.05 Å². The minimum atomic E-state index is -1.02.